The van der Waals surface area contributed by atoms with Crippen molar-refractivity contribution in [2.45, 2.75) is 25.7 Å². The molecule has 66 valence electrons. The minimum atomic E-state index is 0.631. The molecule has 0 aromatic heterocycles. The lowest BCUT2D eigenvalue weighted by Gasteiger charge is -1.95. The molecule has 1 nitrogen and oxygen atoms in total. The lowest BCUT2D eigenvalue weighted by atomic mass is 10.4. The van der Waals surface area contributed by atoms with Crippen LogP contribution in [-0.2, 0) is 0 Å². The van der Waals surface area contributed by atoms with Crippen molar-refractivity contribution < 1.29 is 0 Å². The average Bonchev–Trinajstić information content (AvgIpc) is 2.08. The zero-order valence-corrected chi connectivity index (χ0v) is 8.61. The summed E-state index contributed by atoms with van der Waals surface area (Å²) in [5, 5.41) is 7.83. The van der Waals surface area contributed by atoms with Crippen LogP contribution in [0.3, 0.4) is 0 Å². The Morgan fingerprint density at radius 1 is 1.17 bits per heavy atom. The molecule has 1 rings (SSSR count). The van der Waals surface area contributed by atoms with Gasteiger partial charge in [-0.1, -0.05) is 43.8 Å². The minimum absolute atomic E-state index is 0.631. The van der Waals surface area contributed by atoms with Gasteiger partial charge >= 0.3 is 0 Å². The molecular formula is C10H15NS. The molecule has 1 aromatic carbocycles. The van der Waals surface area contributed by atoms with E-state index in [1.54, 1.807) is 6.92 Å². The number of benzene rings is 1. The molecular weight excluding hydrogens is 166 g/mol. The Kier molecular flexibility index (Phi) is 6.48. The van der Waals surface area contributed by atoms with E-state index in [0.29, 0.717) is 5.04 Å². The number of nitrogens with one attached hydrogen (secondary N) is 1. The fraction of sp³-hybridized carbons (Fsp3) is 0.300. The van der Waals surface area contributed by atoms with E-state index in [9.17, 15) is 0 Å². The van der Waals surface area contributed by atoms with E-state index in [-0.39, 0.29) is 0 Å². The van der Waals surface area contributed by atoms with E-state index >= 15 is 0 Å². The van der Waals surface area contributed by atoms with Gasteiger partial charge in [0.2, 0.25) is 0 Å². The molecule has 1 aromatic rings. The van der Waals surface area contributed by atoms with Crippen LogP contribution < -0.4 is 0 Å². The van der Waals surface area contributed by atoms with Gasteiger partial charge in [0.15, 0.2) is 0 Å². The van der Waals surface area contributed by atoms with Crippen LogP contribution in [0.2, 0.25) is 0 Å². The van der Waals surface area contributed by atoms with Gasteiger partial charge in [0.25, 0.3) is 0 Å². The Bertz CT molecular complexity index is 219. The van der Waals surface area contributed by atoms with Crippen molar-refractivity contribution in [2.24, 2.45) is 0 Å². The van der Waals surface area contributed by atoms with Gasteiger partial charge in [0.05, 0.1) is 5.04 Å². The van der Waals surface area contributed by atoms with Crippen molar-refractivity contribution in [1.82, 2.24) is 0 Å². The first-order chi connectivity index (χ1) is 5.79. The summed E-state index contributed by atoms with van der Waals surface area (Å²) in [6.45, 7) is 5.79. The fourth-order valence-electron chi connectivity index (χ4n) is 0.665. The highest BCUT2D eigenvalue weighted by atomic mass is 32.2. The molecule has 0 amide bonds. The summed E-state index contributed by atoms with van der Waals surface area (Å²) < 4.78 is 0. The Hall–Kier alpha value is -0.760. The van der Waals surface area contributed by atoms with Crippen molar-refractivity contribution in [2.75, 3.05) is 0 Å². The van der Waals surface area contributed by atoms with Crippen LogP contribution in [-0.4, -0.2) is 5.04 Å². The van der Waals surface area contributed by atoms with Crippen LogP contribution in [0.25, 0.3) is 0 Å². The Balaban J connectivity index is 0.000000561. The maximum atomic E-state index is 7.19. The maximum Gasteiger partial charge on any atom is 0.0658 e. The number of thioether (sulfide) groups is 1. The molecule has 0 saturated heterocycles. The zero-order chi connectivity index (χ0) is 9.40. The van der Waals surface area contributed by atoms with Crippen molar-refractivity contribution in [3.63, 3.8) is 0 Å². The third-order valence-corrected chi connectivity index (χ3v) is 1.83. The molecule has 0 bridgehead atoms. The van der Waals surface area contributed by atoms with Gasteiger partial charge in [-0.05, 0) is 19.1 Å². The van der Waals surface area contributed by atoms with Gasteiger partial charge in [-0.3, -0.25) is 5.41 Å². The second-order valence-electron chi connectivity index (χ2n) is 1.97. The SMILES string of the molecule is CC.CC(=N)Sc1ccccc1. The van der Waals surface area contributed by atoms with E-state index in [0.717, 1.165) is 4.90 Å². The lowest BCUT2D eigenvalue weighted by Crippen LogP contribution is -1.77. The van der Waals surface area contributed by atoms with Crippen molar-refractivity contribution in [3.05, 3.63) is 30.3 Å². The van der Waals surface area contributed by atoms with Gasteiger partial charge in [0.1, 0.15) is 0 Å². The molecule has 0 spiro atoms. The second kappa shape index (κ2) is 6.92. The molecule has 0 heterocycles. The fourth-order valence-corrected chi connectivity index (χ4v) is 1.31. The van der Waals surface area contributed by atoms with Crippen LogP contribution in [0.5, 0.6) is 0 Å². The predicted molar refractivity (Wildman–Crippen MR) is 57.0 cm³/mol. The van der Waals surface area contributed by atoms with Crippen molar-refractivity contribution in [1.29, 1.82) is 5.41 Å². The largest absolute Gasteiger partial charge is 0.298 e. The average molecular weight is 181 g/mol. The molecule has 0 aliphatic heterocycles. The third-order valence-electron chi connectivity index (χ3n) is 1.01. The third kappa shape index (κ3) is 4.97. The first-order valence-corrected chi connectivity index (χ1v) is 4.89. The highest BCUT2D eigenvalue weighted by molar-refractivity contribution is 8.13. The molecule has 0 fully saturated rings. The predicted octanol–water partition coefficient (Wildman–Crippen LogP) is 3.80. The normalized spacial score (nSPS) is 8.25. The van der Waals surface area contributed by atoms with E-state index < -0.39 is 0 Å². The van der Waals surface area contributed by atoms with E-state index in [1.807, 2.05) is 44.2 Å². The molecule has 0 aliphatic carbocycles. The summed E-state index contributed by atoms with van der Waals surface area (Å²) in [6, 6.07) is 9.94. The molecule has 0 atom stereocenters. The standard InChI is InChI=1S/C8H9NS.C2H6/c1-7(9)10-8-5-3-2-4-6-8;1-2/h2-6,9H,1H3;1-2H3. The monoisotopic (exact) mass is 181 g/mol. The summed E-state index contributed by atoms with van der Waals surface area (Å²) in [5.41, 5.74) is 0. The number of hydrogen-bond donors (Lipinski definition) is 1. The van der Waals surface area contributed by atoms with Gasteiger partial charge in [-0.2, -0.15) is 0 Å². The van der Waals surface area contributed by atoms with Crippen LogP contribution >= 0.6 is 11.8 Å². The Morgan fingerprint density at radius 3 is 2.08 bits per heavy atom. The van der Waals surface area contributed by atoms with Crippen molar-refractivity contribution >= 4 is 16.8 Å². The summed E-state index contributed by atoms with van der Waals surface area (Å²) in [6.07, 6.45) is 0. The van der Waals surface area contributed by atoms with Crippen LogP contribution in [0.1, 0.15) is 20.8 Å². The summed E-state index contributed by atoms with van der Waals surface area (Å²) in [4.78, 5) is 1.13. The van der Waals surface area contributed by atoms with E-state index in [4.69, 9.17) is 5.41 Å². The molecule has 0 radical (unpaired) electrons. The van der Waals surface area contributed by atoms with Crippen LogP contribution in [0.15, 0.2) is 35.2 Å². The van der Waals surface area contributed by atoms with Crippen LogP contribution in [0.4, 0.5) is 0 Å². The van der Waals surface area contributed by atoms with E-state index in [2.05, 4.69) is 0 Å². The van der Waals surface area contributed by atoms with Gasteiger partial charge in [0, 0.05) is 4.90 Å². The summed E-state index contributed by atoms with van der Waals surface area (Å²) in [7, 11) is 0. The maximum absolute atomic E-state index is 7.19. The minimum Gasteiger partial charge on any atom is -0.298 e. The number of hydrogen-bond acceptors (Lipinski definition) is 2. The number of rotatable bonds is 1. The second-order valence-corrected chi connectivity index (χ2v) is 3.26. The highest BCUT2D eigenvalue weighted by Gasteiger charge is 1.90. The molecule has 12 heavy (non-hydrogen) atoms. The molecule has 0 unspecified atom stereocenters. The first kappa shape index (κ1) is 11.2. The lowest BCUT2D eigenvalue weighted by molar-refractivity contribution is 1.46. The highest BCUT2D eigenvalue weighted by Crippen LogP contribution is 2.16. The summed E-state index contributed by atoms with van der Waals surface area (Å²) >= 11 is 1.48. The Morgan fingerprint density at radius 2 is 1.67 bits per heavy atom. The van der Waals surface area contributed by atoms with Crippen LogP contribution in [0, 0.1) is 5.41 Å². The topological polar surface area (TPSA) is 23.9 Å². The molecule has 0 saturated carbocycles. The quantitative estimate of drug-likeness (QED) is 0.397. The van der Waals surface area contributed by atoms with Crippen molar-refractivity contribution in [3.8, 4) is 0 Å². The first-order valence-electron chi connectivity index (χ1n) is 4.07. The molecule has 1 N–H and O–H groups in total. The van der Waals surface area contributed by atoms with Gasteiger partial charge in [-0.15, -0.1) is 0 Å². The zero-order valence-electron chi connectivity index (χ0n) is 7.79. The van der Waals surface area contributed by atoms with Gasteiger partial charge < -0.3 is 0 Å². The van der Waals surface area contributed by atoms with Gasteiger partial charge in [-0.25, -0.2) is 0 Å². The molecule has 0 aliphatic rings. The van der Waals surface area contributed by atoms with E-state index in [1.165, 1.54) is 11.8 Å². The summed E-state index contributed by atoms with van der Waals surface area (Å²) in [5.74, 6) is 0. The molecule has 2 heteroatoms. The smallest absolute Gasteiger partial charge is 0.0658 e. The Labute approximate surface area is 78.7 Å².